The Bertz CT molecular complexity index is 337. The third kappa shape index (κ3) is 2.85. The van der Waals surface area contributed by atoms with Crippen LogP contribution >= 0.6 is 0 Å². The van der Waals surface area contributed by atoms with Gasteiger partial charge < -0.3 is 5.32 Å². The number of piperidine rings is 1. The zero-order chi connectivity index (χ0) is 11.4. The van der Waals surface area contributed by atoms with E-state index in [1.165, 1.54) is 49.0 Å². The number of nitrogens with one attached hydrogen (secondary N) is 1. The maximum Gasteiger partial charge on any atom is -0.00462 e. The summed E-state index contributed by atoms with van der Waals surface area (Å²) in [5.41, 5.74) is 4.50. The molecule has 0 aromatic heterocycles. The van der Waals surface area contributed by atoms with E-state index in [4.69, 9.17) is 0 Å². The summed E-state index contributed by atoms with van der Waals surface area (Å²) in [6, 6.07) is 7.02. The summed E-state index contributed by atoms with van der Waals surface area (Å²) >= 11 is 0. The van der Waals surface area contributed by atoms with Gasteiger partial charge in [-0.15, -0.1) is 0 Å². The van der Waals surface area contributed by atoms with Crippen LogP contribution in [-0.2, 0) is 12.8 Å². The minimum absolute atomic E-state index is 0.897. The van der Waals surface area contributed by atoms with Gasteiger partial charge in [0.15, 0.2) is 0 Å². The first kappa shape index (κ1) is 11.7. The van der Waals surface area contributed by atoms with Crippen LogP contribution < -0.4 is 5.32 Å². The molecule has 0 aliphatic carbocycles. The lowest BCUT2D eigenvalue weighted by Crippen LogP contribution is -2.28. The van der Waals surface area contributed by atoms with Gasteiger partial charge in [0.25, 0.3) is 0 Å². The fraction of sp³-hybridized carbons (Fsp3) is 0.600. The highest BCUT2D eigenvalue weighted by Crippen LogP contribution is 2.20. The predicted molar refractivity (Wildman–Crippen MR) is 69.9 cm³/mol. The molecule has 1 aliphatic rings. The van der Waals surface area contributed by atoms with Crippen LogP contribution in [0.1, 0.15) is 36.5 Å². The molecule has 1 aromatic carbocycles. The standard InChI is InChI=1S/C15H23N/c1-3-15-11-14(5-4-12(15)2)10-13-6-8-16-9-7-13/h4-5,11,13,16H,3,6-10H2,1-2H3. The molecule has 1 nitrogen and oxygen atoms in total. The van der Waals surface area contributed by atoms with Crippen molar-refractivity contribution in [1.29, 1.82) is 0 Å². The van der Waals surface area contributed by atoms with E-state index in [0.717, 1.165) is 12.3 Å². The van der Waals surface area contributed by atoms with Crippen molar-refractivity contribution >= 4 is 0 Å². The Morgan fingerprint density at radius 2 is 2.00 bits per heavy atom. The van der Waals surface area contributed by atoms with Gasteiger partial charge in [0, 0.05) is 0 Å². The van der Waals surface area contributed by atoms with E-state index >= 15 is 0 Å². The van der Waals surface area contributed by atoms with E-state index in [1.54, 1.807) is 0 Å². The molecule has 0 radical (unpaired) electrons. The molecule has 2 rings (SSSR count). The van der Waals surface area contributed by atoms with Gasteiger partial charge >= 0.3 is 0 Å². The molecule has 1 heterocycles. The Hall–Kier alpha value is -0.820. The van der Waals surface area contributed by atoms with Crippen molar-refractivity contribution < 1.29 is 0 Å². The summed E-state index contributed by atoms with van der Waals surface area (Å²) in [5.74, 6) is 0.897. The van der Waals surface area contributed by atoms with Gasteiger partial charge in [0.2, 0.25) is 0 Å². The van der Waals surface area contributed by atoms with Crippen LogP contribution in [0.4, 0.5) is 0 Å². The van der Waals surface area contributed by atoms with Gasteiger partial charge in [-0.25, -0.2) is 0 Å². The molecular formula is C15H23N. The molecule has 1 aromatic rings. The Balaban J connectivity index is 2.03. The van der Waals surface area contributed by atoms with Crippen LogP contribution in [0.25, 0.3) is 0 Å². The number of benzene rings is 1. The Morgan fingerprint density at radius 3 is 2.69 bits per heavy atom. The highest BCUT2D eigenvalue weighted by molar-refractivity contribution is 5.31. The highest BCUT2D eigenvalue weighted by atomic mass is 14.9. The molecule has 1 heteroatoms. The first-order chi connectivity index (χ1) is 7.79. The van der Waals surface area contributed by atoms with E-state index < -0.39 is 0 Å². The van der Waals surface area contributed by atoms with Gasteiger partial charge in [0.05, 0.1) is 0 Å². The number of hydrogen-bond donors (Lipinski definition) is 1. The number of aryl methyl sites for hydroxylation is 2. The van der Waals surface area contributed by atoms with Crippen molar-refractivity contribution in [3.8, 4) is 0 Å². The molecule has 88 valence electrons. The number of hydrogen-bond acceptors (Lipinski definition) is 1. The van der Waals surface area contributed by atoms with Gasteiger partial charge in [-0.1, -0.05) is 25.1 Å². The first-order valence-electron chi connectivity index (χ1n) is 6.58. The quantitative estimate of drug-likeness (QED) is 0.820. The van der Waals surface area contributed by atoms with Crippen molar-refractivity contribution in [2.24, 2.45) is 5.92 Å². The topological polar surface area (TPSA) is 12.0 Å². The van der Waals surface area contributed by atoms with Crippen LogP contribution in [0, 0.1) is 12.8 Å². The monoisotopic (exact) mass is 217 g/mol. The van der Waals surface area contributed by atoms with Crippen molar-refractivity contribution in [3.63, 3.8) is 0 Å². The fourth-order valence-corrected chi connectivity index (χ4v) is 2.65. The molecular weight excluding hydrogens is 194 g/mol. The van der Waals surface area contributed by atoms with Gasteiger partial charge in [0.1, 0.15) is 0 Å². The summed E-state index contributed by atoms with van der Waals surface area (Å²) in [5, 5.41) is 3.43. The van der Waals surface area contributed by atoms with E-state index in [0.29, 0.717) is 0 Å². The van der Waals surface area contributed by atoms with Crippen molar-refractivity contribution in [2.45, 2.75) is 39.5 Å². The molecule has 0 saturated carbocycles. The molecule has 1 N–H and O–H groups in total. The molecule has 16 heavy (non-hydrogen) atoms. The zero-order valence-corrected chi connectivity index (χ0v) is 10.6. The Morgan fingerprint density at radius 1 is 1.25 bits per heavy atom. The lowest BCUT2D eigenvalue weighted by Gasteiger charge is -2.22. The highest BCUT2D eigenvalue weighted by Gasteiger charge is 2.13. The van der Waals surface area contributed by atoms with E-state index in [9.17, 15) is 0 Å². The molecule has 0 bridgehead atoms. The normalized spacial score (nSPS) is 17.6. The van der Waals surface area contributed by atoms with Gasteiger partial charge in [-0.2, -0.15) is 0 Å². The fourth-order valence-electron chi connectivity index (χ4n) is 2.65. The second-order valence-electron chi connectivity index (χ2n) is 5.01. The zero-order valence-electron chi connectivity index (χ0n) is 10.6. The maximum atomic E-state index is 3.43. The van der Waals surface area contributed by atoms with Crippen LogP contribution in [0.15, 0.2) is 18.2 Å². The lowest BCUT2D eigenvalue weighted by atomic mass is 9.89. The SMILES string of the molecule is CCc1cc(CC2CCNCC2)ccc1C. The lowest BCUT2D eigenvalue weighted by molar-refractivity contribution is 0.372. The molecule has 0 unspecified atom stereocenters. The van der Waals surface area contributed by atoms with E-state index in [2.05, 4.69) is 37.4 Å². The van der Waals surface area contributed by atoms with Crippen molar-refractivity contribution in [3.05, 3.63) is 34.9 Å². The van der Waals surface area contributed by atoms with E-state index in [1.807, 2.05) is 0 Å². The Kier molecular flexibility index (Phi) is 4.00. The van der Waals surface area contributed by atoms with Crippen LogP contribution in [0.5, 0.6) is 0 Å². The van der Waals surface area contributed by atoms with Gasteiger partial charge in [-0.05, 0) is 68.3 Å². The summed E-state index contributed by atoms with van der Waals surface area (Å²) in [4.78, 5) is 0. The minimum atomic E-state index is 0.897. The van der Waals surface area contributed by atoms with Gasteiger partial charge in [-0.3, -0.25) is 0 Å². The second kappa shape index (κ2) is 5.49. The molecule has 0 atom stereocenters. The summed E-state index contributed by atoms with van der Waals surface area (Å²) in [6.07, 6.45) is 5.12. The van der Waals surface area contributed by atoms with E-state index in [-0.39, 0.29) is 0 Å². The first-order valence-corrected chi connectivity index (χ1v) is 6.58. The number of rotatable bonds is 3. The average molecular weight is 217 g/mol. The molecule has 0 spiro atoms. The third-order valence-corrected chi connectivity index (χ3v) is 3.78. The molecule has 1 aliphatic heterocycles. The van der Waals surface area contributed by atoms with Crippen molar-refractivity contribution in [2.75, 3.05) is 13.1 Å². The largest absolute Gasteiger partial charge is 0.317 e. The summed E-state index contributed by atoms with van der Waals surface area (Å²) in [6.45, 7) is 6.87. The predicted octanol–water partition coefficient (Wildman–Crippen LogP) is 3.10. The van der Waals surface area contributed by atoms with Crippen LogP contribution in [-0.4, -0.2) is 13.1 Å². The molecule has 1 saturated heterocycles. The third-order valence-electron chi connectivity index (χ3n) is 3.78. The average Bonchev–Trinajstić information content (AvgIpc) is 2.33. The van der Waals surface area contributed by atoms with Crippen LogP contribution in [0.3, 0.4) is 0 Å². The summed E-state index contributed by atoms with van der Waals surface area (Å²) in [7, 11) is 0. The second-order valence-corrected chi connectivity index (χ2v) is 5.01. The molecule has 0 amide bonds. The Labute approximate surface area is 99.3 Å². The molecule has 1 fully saturated rings. The summed E-state index contributed by atoms with van der Waals surface area (Å²) < 4.78 is 0. The van der Waals surface area contributed by atoms with Crippen molar-refractivity contribution in [1.82, 2.24) is 5.32 Å². The smallest absolute Gasteiger partial charge is 0.00462 e. The minimum Gasteiger partial charge on any atom is -0.317 e. The maximum absolute atomic E-state index is 3.43. The van der Waals surface area contributed by atoms with Crippen LogP contribution in [0.2, 0.25) is 0 Å².